The van der Waals surface area contributed by atoms with E-state index in [1.165, 1.54) is 6.07 Å². The molecule has 6 heteroatoms. The van der Waals surface area contributed by atoms with Gasteiger partial charge in [-0.05, 0) is 49.6 Å². The van der Waals surface area contributed by atoms with Gasteiger partial charge in [-0.15, -0.1) is 0 Å². The number of nitrogens with zero attached hydrogens (tertiary/aromatic N) is 3. The first-order valence-corrected chi connectivity index (χ1v) is 10.3. The molecule has 1 aromatic heterocycles. The molecule has 3 heterocycles. The number of phenolic OH excluding ortho intramolecular Hbond substituents is 1. The Hall–Kier alpha value is -2.89. The number of hydrogen-bond donors (Lipinski definition) is 1. The maximum absolute atomic E-state index is 13.0. The quantitative estimate of drug-likeness (QED) is 0.867. The highest BCUT2D eigenvalue weighted by molar-refractivity contribution is 5.94. The predicted octanol–water partition coefficient (Wildman–Crippen LogP) is 2.87. The highest BCUT2D eigenvalue weighted by atomic mass is 16.3. The first-order valence-electron chi connectivity index (χ1n) is 10.3. The average Bonchev–Trinajstić information content (AvgIpc) is 2.75. The van der Waals surface area contributed by atoms with E-state index in [2.05, 4.69) is 4.98 Å². The SMILES string of the molecule is O=C1CC[C@]2(CCCN(C(=O)c3cccc(O)c3)C2)CN1CCc1ccccn1. The lowest BCUT2D eigenvalue weighted by molar-refractivity contribution is -0.138. The molecule has 2 aromatic rings. The van der Waals surface area contributed by atoms with Crippen LogP contribution in [0.4, 0.5) is 0 Å². The van der Waals surface area contributed by atoms with E-state index < -0.39 is 0 Å². The topological polar surface area (TPSA) is 73.7 Å². The summed E-state index contributed by atoms with van der Waals surface area (Å²) in [4.78, 5) is 33.7. The highest BCUT2D eigenvalue weighted by Gasteiger charge is 2.42. The molecule has 2 fully saturated rings. The Balaban J connectivity index is 1.44. The second-order valence-corrected chi connectivity index (χ2v) is 8.27. The molecular weight excluding hydrogens is 366 g/mol. The van der Waals surface area contributed by atoms with Gasteiger partial charge >= 0.3 is 0 Å². The van der Waals surface area contributed by atoms with Crippen LogP contribution in [0.1, 0.15) is 41.7 Å². The van der Waals surface area contributed by atoms with Crippen molar-refractivity contribution in [1.29, 1.82) is 0 Å². The van der Waals surface area contributed by atoms with Crippen molar-refractivity contribution < 1.29 is 14.7 Å². The summed E-state index contributed by atoms with van der Waals surface area (Å²) in [6.45, 7) is 2.74. The van der Waals surface area contributed by atoms with Crippen molar-refractivity contribution in [2.45, 2.75) is 32.1 Å². The Labute approximate surface area is 171 Å². The molecule has 2 aliphatic heterocycles. The number of hydrogen-bond acceptors (Lipinski definition) is 4. The summed E-state index contributed by atoms with van der Waals surface area (Å²) in [7, 11) is 0. The third-order valence-electron chi connectivity index (χ3n) is 6.15. The molecular formula is C23H27N3O3. The van der Waals surface area contributed by atoms with Crippen LogP contribution in [0.15, 0.2) is 48.7 Å². The molecule has 2 amide bonds. The van der Waals surface area contributed by atoms with Crippen LogP contribution < -0.4 is 0 Å². The van der Waals surface area contributed by atoms with Gasteiger partial charge in [-0.25, -0.2) is 0 Å². The molecule has 0 unspecified atom stereocenters. The molecule has 0 radical (unpaired) electrons. The third kappa shape index (κ3) is 4.42. The number of rotatable bonds is 4. The van der Waals surface area contributed by atoms with Crippen LogP contribution in [0, 0.1) is 5.41 Å². The third-order valence-corrected chi connectivity index (χ3v) is 6.15. The number of aromatic hydroxyl groups is 1. The lowest BCUT2D eigenvalue weighted by Crippen LogP contribution is -2.55. The monoisotopic (exact) mass is 393 g/mol. The molecule has 2 saturated heterocycles. The number of piperidine rings is 2. The zero-order valence-corrected chi connectivity index (χ0v) is 16.6. The number of carbonyl (C=O) groups is 2. The maximum Gasteiger partial charge on any atom is 0.254 e. The summed E-state index contributed by atoms with van der Waals surface area (Å²) >= 11 is 0. The number of benzene rings is 1. The number of aromatic nitrogens is 1. The highest BCUT2D eigenvalue weighted by Crippen LogP contribution is 2.39. The first-order chi connectivity index (χ1) is 14.0. The zero-order chi connectivity index (χ0) is 20.3. The largest absolute Gasteiger partial charge is 0.508 e. The molecule has 152 valence electrons. The van der Waals surface area contributed by atoms with Gasteiger partial charge in [-0.2, -0.15) is 0 Å². The van der Waals surface area contributed by atoms with Gasteiger partial charge in [-0.1, -0.05) is 12.1 Å². The number of carbonyl (C=O) groups excluding carboxylic acids is 2. The maximum atomic E-state index is 13.0. The van der Waals surface area contributed by atoms with Crippen molar-refractivity contribution in [2.24, 2.45) is 5.41 Å². The Bertz CT molecular complexity index is 886. The van der Waals surface area contributed by atoms with Crippen LogP contribution in [-0.2, 0) is 11.2 Å². The fourth-order valence-corrected chi connectivity index (χ4v) is 4.64. The van der Waals surface area contributed by atoms with Crippen LogP contribution in [0.2, 0.25) is 0 Å². The van der Waals surface area contributed by atoms with Gasteiger partial charge in [0, 0.05) is 61.9 Å². The second-order valence-electron chi connectivity index (χ2n) is 8.27. The van der Waals surface area contributed by atoms with E-state index >= 15 is 0 Å². The van der Waals surface area contributed by atoms with Gasteiger partial charge < -0.3 is 14.9 Å². The van der Waals surface area contributed by atoms with Crippen molar-refractivity contribution in [3.63, 3.8) is 0 Å². The summed E-state index contributed by atoms with van der Waals surface area (Å²) in [6.07, 6.45) is 5.86. The molecule has 0 aliphatic carbocycles. The van der Waals surface area contributed by atoms with Crippen LogP contribution in [0.3, 0.4) is 0 Å². The van der Waals surface area contributed by atoms with Gasteiger partial charge in [0.1, 0.15) is 5.75 Å². The Morgan fingerprint density at radius 3 is 2.83 bits per heavy atom. The second kappa shape index (κ2) is 8.23. The molecule has 2 aliphatic rings. The normalized spacial score (nSPS) is 22.1. The fraction of sp³-hybridized carbons (Fsp3) is 0.435. The minimum Gasteiger partial charge on any atom is -0.508 e. The van der Waals surface area contributed by atoms with E-state index in [0.29, 0.717) is 31.6 Å². The van der Waals surface area contributed by atoms with E-state index in [1.54, 1.807) is 24.4 Å². The average molecular weight is 393 g/mol. The lowest BCUT2D eigenvalue weighted by atomic mass is 9.73. The van der Waals surface area contributed by atoms with Crippen LogP contribution >= 0.6 is 0 Å². The van der Waals surface area contributed by atoms with Gasteiger partial charge in [0.25, 0.3) is 5.91 Å². The number of amides is 2. The number of likely N-dealkylation sites (tertiary alicyclic amines) is 2. The summed E-state index contributed by atoms with van der Waals surface area (Å²) in [5.41, 5.74) is 1.47. The number of pyridine rings is 1. The Morgan fingerprint density at radius 2 is 2.03 bits per heavy atom. The van der Waals surface area contributed by atoms with Crippen LogP contribution in [-0.4, -0.2) is 57.9 Å². The van der Waals surface area contributed by atoms with E-state index in [1.807, 2.05) is 28.0 Å². The molecule has 0 bridgehead atoms. The predicted molar refractivity (Wildman–Crippen MR) is 109 cm³/mol. The van der Waals surface area contributed by atoms with Gasteiger partial charge in [-0.3, -0.25) is 14.6 Å². The zero-order valence-electron chi connectivity index (χ0n) is 16.6. The van der Waals surface area contributed by atoms with E-state index in [4.69, 9.17) is 0 Å². The first kappa shape index (κ1) is 19.4. The Morgan fingerprint density at radius 1 is 1.14 bits per heavy atom. The molecule has 1 N–H and O–H groups in total. The molecule has 1 spiro atoms. The van der Waals surface area contributed by atoms with E-state index in [0.717, 1.165) is 37.9 Å². The van der Waals surface area contributed by atoms with Gasteiger partial charge in [0.15, 0.2) is 0 Å². The Kier molecular flexibility index (Phi) is 5.51. The van der Waals surface area contributed by atoms with Gasteiger partial charge in [0.2, 0.25) is 5.91 Å². The van der Waals surface area contributed by atoms with Crippen molar-refractivity contribution in [3.8, 4) is 5.75 Å². The van der Waals surface area contributed by atoms with Crippen molar-refractivity contribution in [2.75, 3.05) is 26.2 Å². The summed E-state index contributed by atoms with van der Waals surface area (Å²) in [5, 5.41) is 9.70. The van der Waals surface area contributed by atoms with E-state index in [-0.39, 0.29) is 23.0 Å². The standard InChI is InChI=1S/C23H27N3O3/c27-20-7-3-5-18(15-20)22(29)26-13-4-10-23(17-26)11-8-21(28)25(16-23)14-9-19-6-1-2-12-24-19/h1-3,5-7,12,15,27H,4,8-11,13-14,16-17H2/t23-/m1/s1. The molecule has 0 saturated carbocycles. The van der Waals surface area contributed by atoms with Gasteiger partial charge in [0.05, 0.1) is 0 Å². The van der Waals surface area contributed by atoms with E-state index in [9.17, 15) is 14.7 Å². The molecule has 4 rings (SSSR count). The number of phenols is 1. The van der Waals surface area contributed by atoms with Crippen LogP contribution in [0.25, 0.3) is 0 Å². The molecule has 1 aromatic carbocycles. The summed E-state index contributed by atoms with van der Waals surface area (Å²) < 4.78 is 0. The molecule has 1 atom stereocenters. The van der Waals surface area contributed by atoms with Crippen molar-refractivity contribution >= 4 is 11.8 Å². The fourth-order valence-electron chi connectivity index (χ4n) is 4.64. The molecule has 6 nitrogen and oxygen atoms in total. The minimum absolute atomic E-state index is 0.0389. The van der Waals surface area contributed by atoms with Crippen LogP contribution in [0.5, 0.6) is 5.75 Å². The summed E-state index contributed by atoms with van der Waals surface area (Å²) in [6, 6.07) is 12.4. The summed E-state index contributed by atoms with van der Waals surface area (Å²) in [5.74, 6) is 0.256. The smallest absolute Gasteiger partial charge is 0.254 e. The van der Waals surface area contributed by atoms with Crippen molar-refractivity contribution in [1.82, 2.24) is 14.8 Å². The minimum atomic E-state index is -0.0445. The lowest BCUT2D eigenvalue weighted by Gasteiger charge is -2.48. The van der Waals surface area contributed by atoms with Crippen molar-refractivity contribution in [3.05, 3.63) is 59.9 Å². The molecule has 29 heavy (non-hydrogen) atoms.